The van der Waals surface area contributed by atoms with Gasteiger partial charge in [0.15, 0.2) is 0 Å². The van der Waals surface area contributed by atoms with Crippen LogP contribution >= 0.6 is 0 Å². The van der Waals surface area contributed by atoms with Crippen molar-refractivity contribution in [1.29, 1.82) is 0 Å². The van der Waals surface area contributed by atoms with E-state index in [-0.39, 0.29) is 11.4 Å². The number of sulfone groups is 1. The summed E-state index contributed by atoms with van der Waals surface area (Å²) in [4.78, 5) is 10.2. The van der Waals surface area contributed by atoms with Crippen molar-refractivity contribution in [1.82, 2.24) is 0 Å². The summed E-state index contributed by atoms with van der Waals surface area (Å²) in [5, 5.41) is 0. The average molecular weight is 220 g/mol. The molecule has 0 saturated heterocycles. The zero-order valence-corrected chi connectivity index (χ0v) is 9.18. The molecule has 1 aliphatic carbocycles. The number of ether oxygens (including phenoxy) is 1. The predicted molar refractivity (Wildman–Crippen MR) is 52.7 cm³/mol. The highest BCUT2D eigenvalue weighted by Crippen LogP contribution is 2.38. The highest BCUT2D eigenvalue weighted by molar-refractivity contribution is 7.90. The lowest BCUT2D eigenvalue weighted by molar-refractivity contribution is -0.154. The Hall–Kier alpha value is -0.580. The maximum absolute atomic E-state index is 10.9. The fourth-order valence-corrected chi connectivity index (χ4v) is 2.43. The van der Waals surface area contributed by atoms with Gasteiger partial charge in [0.1, 0.15) is 15.4 Å². The highest BCUT2D eigenvalue weighted by atomic mass is 32.2. The van der Waals surface area contributed by atoms with Crippen molar-refractivity contribution in [2.45, 2.75) is 37.7 Å². The second kappa shape index (κ2) is 4.29. The Kier molecular flexibility index (Phi) is 3.53. The molecule has 0 radical (unpaired) electrons. The number of hydrogen-bond acceptors (Lipinski definition) is 4. The molecule has 14 heavy (non-hydrogen) atoms. The topological polar surface area (TPSA) is 60.4 Å². The van der Waals surface area contributed by atoms with Gasteiger partial charge in [-0.05, 0) is 32.1 Å². The van der Waals surface area contributed by atoms with E-state index in [9.17, 15) is 13.2 Å². The van der Waals surface area contributed by atoms with Gasteiger partial charge in [-0.25, -0.2) is 8.42 Å². The third-order valence-corrected chi connectivity index (χ3v) is 3.74. The Morgan fingerprint density at radius 3 is 2.43 bits per heavy atom. The van der Waals surface area contributed by atoms with Crippen LogP contribution in [0.25, 0.3) is 0 Å². The molecule has 0 atom stereocenters. The van der Waals surface area contributed by atoms with Gasteiger partial charge in [-0.3, -0.25) is 4.79 Å². The summed E-state index contributed by atoms with van der Waals surface area (Å²) in [5.41, 5.74) is -0.341. The van der Waals surface area contributed by atoms with Crippen LogP contribution in [0.4, 0.5) is 0 Å². The monoisotopic (exact) mass is 220 g/mol. The van der Waals surface area contributed by atoms with Crippen molar-refractivity contribution in [3.05, 3.63) is 0 Å². The van der Waals surface area contributed by atoms with Crippen LogP contribution in [-0.4, -0.2) is 32.5 Å². The number of carbonyl (C=O) groups is 1. The van der Waals surface area contributed by atoms with E-state index in [0.29, 0.717) is 19.3 Å². The van der Waals surface area contributed by atoms with Gasteiger partial charge in [0.05, 0.1) is 5.75 Å². The molecule has 4 nitrogen and oxygen atoms in total. The van der Waals surface area contributed by atoms with E-state index in [2.05, 4.69) is 0 Å². The van der Waals surface area contributed by atoms with Crippen LogP contribution in [0.2, 0.25) is 0 Å². The predicted octanol–water partition coefficient (Wildman–Crippen LogP) is 0.907. The van der Waals surface area contributed by atoms with Crippen LogP contribution in [0.5, 0.6) is 0 Å². The molecule has 0 amide bonds. The van der Waals surface area contributed by atoms with Gasteiger partial charge >= 0.3 is 0 Å². The van der Waals surface area contributed by atoms with Gasteiger partial charge < -0.3 is 4.74 Å². The molecule has 0 spiro atoms. The van der Waals surface area contributed by atoms with Crippen molar-refractivity contribution in [3.8, 4) is 0 Å². The first kappa shape index (κ1) is 11.5. The second-order valence-corrected chi connectivity index (χ2v) is 6.24. The second-order valence-electron chi connectivity index (χ2n) is 3.98. The van der Waals surface area contributed by atoms with Gasteiger partial charge in [0.2, 0.25) is 0 Å². The molecule has 1 rings (SSSR count). The Labute approximate surface area is 84.6 Å². The summed E-state index contributed by atoms with van der Waals surface area (Å²) in [6.07, 6.45) is 5.27. The van der Waals surface area contributed by atoms with Gasteiger partial charge in [-0.15, -0.1) is 0 Å². The molecule has 0 aliphatic heterocycles. The van der Waals surface area contributed by atoms with E-state index in [0.717, 1.165) is 19.3 Å². The summed E-state index contributed by atoms with van der Waals surface area (Å²) in [5.74, 6) is 0.178. The van der Waals surface area contributed by atoms with E-state index < -0.39 is 9.84 Å². The first-order valence-electron chi connectivity index (χ1n) is 4.77. The summed E-state index contributed by atoms with van der Waals surface area (Å²) >= 11 is 0. The summed E-state index contributed by atoms with van der Waals surface area (Å²) < 4.78 is 26.7. The van der Waals surface area contributed by atoms with Gasteiger partial charge in [0.25, 0.3) is 6.47 Å². The van der Waals surface area contributed by atoms with Crippen LogP contribution in [-0.2, 0) is 19.4 Å². The van der Waals surface area contributed by atoms with Crippen molar-refractivity contribution in [2.75, 3.05) is 12.0 Å². The van der Waals surface area contributed by atoms with E-state index in [1.165, 1.54) is 6.26 Å². The normalized spacial score (nSPS) is 19.8. The van der Waals surface area contributed by atoms with E-state index in [1.54, 1.807) is 0 Å². The van der Waals surface area contributed by atoms with Crippen LogP contribution in [0.1, 0.15) is 32.1 Å². The largest absolute Gasteiger partial charge is 0.461 e. The summed E-state index contributed by atoms with van der Waals surface area (Å²) in [6.45, 7) is 0.472. The Bertz CT molecular complexity index is 290. The molecule has 0 aromatic heterocycles. The number of hydrogen-bond donors (Lipinski definition) is 0. The van der Waals surface area contributed by atoms with Crippen molar-refractivity contribution in [3.63, 3.8) is 0 Å². The molecule has 0 N–H and O–H groups in total. The molecule has 5 heteroatoms. The fourth-order valence-electron chi connectivity index (χ4n) is 1.76. The maximum Gasteiger partial charge on any atom is 0.293 e. The zero-order chi connectivity index (χ0) is 10.7. The molecular weight excluding hydrogens is 204 g/mol. The van der Waals surface area contributed by atoms with Crippen LogP contribution in [0.15, 0.2) is 0 Å². The quantitative estimate of drug-likeness (QED) is 0.624. The molecule has 0 aromatic rings. The molecule has 0 bridgehead atoms. The van der Waals surface area contributed by atoms with E-state index in [1.807, 2.05) is 0 Å². The Morgan fingerprint density at radius 1 is 1.43 bits per heavy atom. The summed E-state index contributed by atoms with van der Waals surface area (Å²) in [7, 11) is -2.89. The first-order chi connectivity index (χ1) is 6.47. The van der Waals surface area contributed by atoms with Crippen LogP contribution in [0, 0.1) is 0 Å². The maximum atomic E-state index is 10.9. The Balaban J connectivity index is 2.31. The van der Waals surface area contributed by atoms with E-state index >= 15 is 0 Å². The minimum absolute atomic E-state index is 0.178. The smallest absolute Gasteiger partial charge is 0.293 e. The minimum atomic E-state index is -2.89. The highest BCUT2D eigenvalue weighted by Gasteiger charge is 2.38. The van der Waals surface area contributed by atoms with Crippen molar-refractivity contribution in [2.24, 2.45) is 0 Å². The zero-order valence-electron chi connectivity index (χ0n) is 8.36. The molecule has 1 saturated carbocycles. The number of carbonyl (C=O) groups excluding carboxylic acids is 1. The standard InChI is InChI=1S/C9H16O4S/c1-14(11,12)7-3-6-9(13-8-10)4-2-5-9/h8H,2-7H2,1H3. The van der Waals surface area contributed by atoms with Gasteiger partial charge in [0, 0.05) is 6.26 Å². The number of rotatable bonds is 6. The summed E-state index contributed by atoms with van der Waals surface area (Å²) in [6, 6.07) is 0. The van der Waals surface area contributed by atoms with Crippen LogP contribution < -0.4 is 0 Å². The third-order valence-electron chi connectivity index (χ3n) is 2.71. The molecule has 1 aliphatic rings. The molecule has 1 fully saturated rings. The molecule has 0 aromatic carbocycles. The van der Waals surface area contributed by atoms with Gasteiger partial charge in [-0.1, -0.05) is 0 Å². The van der Waals surface area contributed by atoms with Gasteiger partial charge in [-0.2, -0.15) is 0 Å². The van der Waals surface area contributed by atoms with E-state index in [4.69, 9.17) is 4.74 Å². The van der Waals surface area contributed by atoms with Crippen molar-refractivity contribution >= 4 is 16.3 Å². The minimum Gasteiger partial charge on any atom is -0.461 e. The Morgan fingerprint density at radius 2 is 2.07 bits per heavy atom. The molecular formula is C9H16O4S. The average Bonchev–Trinajstić information content (AvgIpc) is 1.97. The van der Waals surface area contributed by atoms with Crippen LogP contribution in [0.3, 0.4) is 0 Å². The fraction of sp³-hybridized carbons (Fsp3) is 0.889. The third kappa shape index (κ3) is 3.29. The lowest BCUT2D eigenvalue weighted by atomic mass is 9.77. The SMILES string of the molecule is CS(=O)(=O)CCCC1(OC=O)CCC1. The first-order valence-corrected chi connectivity index (χ1v) is 6.83. The molecule has 0 unspecified atom stereocenters. The molecule has 0 heterocycles. The van der Waals surface area contributed by atoms with Crippen molar-refractivity contribution < 1.29 is 17.9 Å². The lowest BCUT2D eigenvalue weighted by Gasteiger charge is -2.39. The molecule has 82 valence electrons. The lowest BCUT2D eigenvalue weighted by Crippen LogP contribution is -2.40.